The number of thioether (sulfide) groups is 1. The highest BCUT2D eigenvalue weighted by atomic mass is 32.2. The van der Waals surface area contributed by atoms with Crippen molar-refractivity contribution in [2.24, 2.45) is 5.73 Å². The van der Waals surface area contributed by atoms with Crippen LogP contribution >= 0.6 is 24.0 Å². The molecule has 0 bridgehead atoms. The summed E-state index contributed by atoms with van der Waals surface area (Å²) in [5.41, 5.74) is 6.91. The molecule has 0 heterocycles. The summed E-state index contributed by atoms with van der Waals surface area (Å²) in [6.45, 7) is 0.225. The molecule has 0 saturated carbocycles. The van der Waals surface area contributed by atoms with Crippen molar-refractivity contribution in [1.29, 1.82) is 0 Å². The zero-order valence-corrected chi connectivity index (χ0v) is 12.6. The molecule has 2 N–H and O–H groups in total. The van der Waals surface area contributed by atoms with E-state index in [0.29, 0.717) is 11.1 Å². The van der Waals surface area contributed by atoms with Crippen molar-refractivity contribution in [2.75, 3.05) is 6.26 Å². The van der Waals surface area contributed by atoms with Crippen LogP contribution in [0.4, 0.5) is 4.39 Å². The van der Waals surface area contributed by atoms with Gasteiger partial charge in [0.1, 0.15) is 23.2 Å². The first-order chi connectivity index (χ1) is 9.60. The first-order valence-corrected chi connectivity index (χ1v) is 7.58. The van der Waals surface area contributed by atoms with Gasteiger partial charge in [-0.2, -0.15) is 0 Å². The Balaban J connectivity index is 2.13. The third-order valence-corrected chi connectivity index (χ3v) is 3.75. The highest BCUT2D eigenvalue weighted by Gasteiger charge is 2.07. The van der Waals surface area contributed by atoms with Crippen molar-refractivity contribution in [2.45, 2.75) is 11.5 Å². The predicted molar refractivity (Wildman–Crippen MR) is 84.8 cm³/mol. The van der Waals surface area contributed by atoms with E-state index in [9.17, 15) is 4.39 Å². The van der Waals surface area contributed by atoms with Crippen LogP contribution < -0.4 is 10.5 Å². The van der Waals surface area contributed by atoms with Gasteiger partial charge in [-0.25, -0.2) is 4.39 Å². The van der Waals surface area contributed by atoms with Crippen molar-refractivity contribution in [3.8, 4) is 5.75 Å². The van der Waals surface area contributed by atoms with Crippen molar-refractivity contribution in [3.63, 3.8) is 0 Å². The van der Waals surface area contributed by atoms with Crippen LogP contribution in [-0.4, -0.2) is 11.2 Å². The number of ether oxygens (including phenoxy) is 1. The minimum absolute atomic E-state index is 0.225. The molecule has 0 amide bonds. The molecule has 0 radical (unpaired) electrons. The number of thiocarbonyl (C=S) groups is 1. The molecule has 0 aliphatic heterocycles. The molecule has 0 unspecified atom stereocenters. The summed E-state index contributed by atoms with van der Waals surface area (Å²) < 4.78 is 18.9. The molecule has 0 aromatic heterocycles. The fraction of sp³-hybridized carbons (Fsp3) is 0.133. The summed E-state index contributed by atoms with van der Waals surface area (Å²) in [4.78, 5) is 1.40. The lowest BCUT2D eigenvalue weighted by atomic mass is 10.1. The van der Waals surface area contributed by atoms with Crippen molar-refractivity contribution < 1.29 is 9.13 Å². The summed E-state index contributed by atoms with van der Waals surface area (Å²) in [6, 6.07) is 12.0. The first kappa shape index (κ1) is 14.8. The third-order valence-electron chi connectivity index (χ3n) is 2.79. The Bertz CT molecular complexity index is 614. The average Bonchev–Trinajstić information content (AvgIpc) is 2.45. The lowest BCUT2D eigenvalue weighted by Crippen LogP contribution is -2.13. The van der Waals surface area contributed by atoms with Crippen LogP contribution in [0.5, 0.6) is 5.75 Å². The topological polar surface area (TPSA) is 35.2 Å². The van der Waals surface area contributed by atoms with Gasteiger partial charge in [0, 0.05) is 16.0 Å². The fourth-order valence-electron chi connectivity index (χ4n) is 1.76. The molecule has 2 aromatic rings. The van der Waals surface area contributed by atoms with Gasteiger partial charge in [-0.15, -0.1) is 11.8 Å². The van der Waals surface area contributed by atoms with E-state index >= 15 is 0 Å². The summed E-state index contributed by atoms with van der Waals surface area (Å²) in [6.07, 6.45) is 2.01. The largest absolute Gasteiger partial charge is 0.489 e. The maximum atomic E-state index is 13.3. The molecule has 104 valence electrons. The highest BCUT2D eigenvalue weighted by molar-refractivity contribution is 7.98. The maximum absolute atomic E-state index is 13.3. The first-order valence-electron chi connectivity index (χ1n) is 5.95. The molecule has 2 nitrogen and oxygen atoms in total. The van der Waals surface area contributed by atoms with Crippen LogP contribution in [-0.2, 0) is 6.61 Å². The minimum Gasteiger partial charge on any atom is -0.489 e. The summed E-state index contributed by atoms with van der Waals surface area (Å²) in [5.74, 6) is 0.391. The molecule has 2 rings (SSSR count). The van der Waals surface area contributed by atoms with E-state index in [2.05, 4.69) is 0 Å². The molecule has 2 aromatic carbocycles. The Kier molecular flexibility index (Phi) is 4.98. The second-order valence-corrected chi connectivity index (χ2v) is 5.45. The lowest BCUT2D eigenvalue weighted by Gasteiger charge is -2.10. The average molecular weight is 307 g/mol. The molecule has 0 aliphatic rings. The van der Waals surface area contributed by atoms with Crippen molar-refractivity contribution in [1.82, 2.24) is 0 Å². The van der Waals surface area contributed by atoms with E-state index in [1.54, 1.807) is 17.8 Å². The number of nitrogens with two attached hydrogens (primary N) is 1. The SMILES string of the molecule is CSc1ccc(OCc2cc(F)ccc2C(N)=S)cc1. The van der Waals surface area contributed by atoms with E-state index in [1.807, 2.05) is 30.5 Å². The van der Waals surface area contributed by atoms with Gasteiger partial charge in [-0.3, -0.25) is 0 Å². The van der Waals surface area contributed by atoms with Crippen molar-refractivity contribution in [3.05, 3.63) is 59.4 Å². The van der Waals surface area contributed by atoms with Crippen molar-refractivity contribution >= 4 is 29.0 Å². The second-order valence-electron chi connectivity index (χ2n) is 4.13. The smallest absolute Gasteiger partial charge is 0.123 e. The van der Waals surface area contributed by atoms with Crippen LogP contribution in [0.25, 0.3) is 0 Å². The predicted octanol–water partition coefficient (Wildman–Crippen LogP) is 3.76. The molecule has 0 atom stereocenters. The molecule has 0 aliphatic carbocycles. The summed E-state index contributed by atoms with van der Waals surface area (Å²) in [5, 5.41) is 0. The maximum Gasteiger partial charge on any atom is 0.123 e. The number of benzene rings is 2. The Morgan fingerprint density at radius 1 is 1.25 bits per heavy atom. The van der Waals surface area contributed by atoms with Gasteiger partial charge in [0.15, 0.2) is 0 Å². The van der Waals surface area contributed by atoms with Gasteiger partial charge >= 0.3 is 0 Å². The Hall–Kier alpha value is -1.59. The summed E-state index contributed by atoms with van der Waals surface area (Å²) in [7, 11) is 0. The van der Waals surface area contributed by atoms with Gasteiger partial charge in [-0.1, -0.05) is 12.2 Å². The monoisotopic (exact) mass is 307 g/mol. The molecule has 0 saturated heterocycles. The molecular formula is C15H14FNOS2. The molecule has 0 fully saturated rings. The summed E-state index contributed by atoms with van der Waals surface area (Å²) >= 11 is 6.62. The van der Waals surface area contributed by atoms with Crippen LogP contribution in [0, 0.1) is 5.82 Å². The van der Waals surface area contributed by atoms with Gasteiger partial charge in [-0.05, 0) is 48.7 Å². The van der Waals surface area contributed by atoms with Gasteiger partial charge in [0.25, 0.3) is 0 Å². The zero-order valence-electron chi connectivity index (χ0n) is 10.9. The number of hydrogen-bond acceptors (Lipinski definition) is 3. The Morgan fingerprint density at radius 2 is 1.95 bits per heavy atom. The van der Waals surface area contributed by atoms with Crippen LogP contribution in [0.2, 0.25) is 0 Å². The molecule has 0 spiro atoms. The standard InChI is InChI=1S/C15H14FNOS2/c1-20-13-5-3-12(4-6-13)18-9-10-8-11(16)2-7-14(10)15(17)19/h2-8H,9H2,1H3,(H2,17,19). The molecular weight excluding hydrogens is 293 g/mol. The number of halogens is 1. The number of hydrogen-bond donors (Lipinski definition) is 1. The Morgan fingerprint density at radius 3 is 2.55 bits per heavy atom. The lowest BCUT2D eigenvalue weighted by molar-refractivity contribution is 0.305. The zero-order chi connectivity index (χ0) is 14.5. The van der Waals surface area contributed by atoms with E-state index in [-0.39, 0.29) is 17.4 Å². The Labute approximate surface area is 127 Å². The molecule has 20 heavy (non-hydrogen) atoms. The van der Waals surface area contributed by atoms with Gasteiger partial charge < -0.3 is 10.5 Å². The number of rotatable bonds is 5. The van der Waals surface area contributed by atoms with Gasteiger partial charge in [0.05, 0.1) is 0 Å². The third kappa shape index (κ3) is 3.71. The second kappa shape index (κ2) is 6.72. The van der Waals surface area contributed by atoms with Crippen LogP contribution in [0.15, 0.2) is 47.4 Å². The van der Waals surface area contributed by atoms with E-state index in [4.69, 9.17) is 22.7 Å². The van der Waals surface area contributed by atoms with Gasteiger partial charge in [0.2, 0.25) is 0 Å². The van der Waals surface area contributed by atoms with E-state index in [0.717, 1.165) is 10.6 Å². The van der Waals surface area contributed by atoms with Crippen LogP contribution in [0.1, 0.15) is 11.1 Å². The quantitative estimate of drug-likeness (QED) is 0.674. The van der Waals surface area contributed by atoms with Crippen LogP contribution in [0.3, 0.4) is 0 Å². The normalized spacial score (nSPS) is 10.3. The van der Waals surface area contributed by atoms with E-state index < -0.39 is 0 Å². The van der Waals surface area contributed by atoms with E-state index in [1.165, 1.54) is 12.1 Å². The molecule has 5 heteroatoms. The fourth-order valence-corrected chi connectivity index (χ4v) is 2.36. The minimum atomic E-state index is -0.332. The highest BCUT2D eigenvalue weighted by Crippen LogP contribution is 2.20.